The van der Waals surface area contributed by atoms with Gasteiger partial charge in [-0.25, -0.2) is 0 Å². The molecule has 0 spiro atoms. The molecule has 108 valence electrons. The SMILES string of the molecule is c1ccc([C@@H]2N[C@@H]3CCCC[C@H]3Nc3ccccc32)cc1. The number of rotatable bonds is 1. The smallest absolute Gasteiger partial charge is 0.0600 e. The molecule has 4 rings (SSSR count). The van der Waals surface area contributed by atoms with E-state index in [0.29, 0.717) is 18.1 Å². The lowest BCUT2D eigenvalue weighted by Crippen LogP contribution is -2.45. The molecular formula is C19H22N2. The zero-order chi connectivity index (χ0) is 14.1. The molecule has 1 fully saturated rings. The molecular weight excluding hydrogens is 256 g/mol. The van der Waals surface area contributed by atoms with Crippen molar-refractivity contribution < 1.29 is 0 Å². The standard InChI is InChI=1S/C19H22N2/c1-2-8-14(9-3-1)19-15-10-4-5-11-16(15)20-17-12-6-7-13-18(17)21-19/h1-5,8-11,17-21H,6-7,12-13H2/t17-,18-,19+/m1/s1. The zero-order valence-corrected chi connectivity index (χ0v) is 12.3. The van der Waals surface area contributed by atoms with Gasteiger partial charge in [-0.3, -0.25) is 0 Å². The Bertz CT molecular complexity index is 608. The van der Waals surface area contributed by atoms with Gasteiger partial charge in [0.1, 0.15) is 0 Å². The fourth-order valence-corrected chi connectivity index (χ4v) is 3.81. The molecule has 2 aliphatic rings. The Morgan fingerprint density at radius 3 is 2.33 bits per heavy atom. The van der Waals surface area contributed by atoms with E-state index in [0.717, 1.165) is 0 Å². The molecule has 2 nitrogen and oxygen atoms in total. The number of hydrogen-bond donors (Lipinski definition) is 2. The van der Waals surface area contributed by atoms with Crippen molar-refractivity contribution in [3.05, 3.63) is 65.7 Å². The van der Waals surface area contributed by atoms with Crippen molar-refractivity contribution in [2.24, 2.45) is 0 Å². The number of nitrogens with one attached hydrogen (secondary N) is 2. The summed E-state index contributed by atoms with van der Waals surface area (Å²) in [6.45, 7) is 0. The maximum absolute atomic E-state index is 3.93. The molecule has 0 amide bonds. The van der Waals surface area contributed by atoms with Crippen molar-refractivity contribution in [2.45, 2.75) is 43.8 Å². The van der Waals surface area contributed by atoms with Crippen LogP contribution in [0.2, 0.25) is 0 Å². The number of anilines is 1. The van der Waals surface area contributed by atoms with Crippen LogP contribution >= 0.6 is 0 Å². The summed E-state index contributed by atoms with van der Waals surface area (Å²) in [5.41, 5.74) is 4.03. The Morgan fingerprint density at radius 2 is 1.48 bits per heavy atom. The van der Waals surface area contributed by atoms with Gasteiger partial charge in [0.25, 0.3) is 0 Å². The highest BCUT2D eigenvalue weighted by Crippen LogP contribution is 2.35. The molecule has 0 saturated heterocycles. The minimum absolute atomic E-state index is 0.294. The highest BCUT2D eigenvalue weighted by molar-refractivity contribution is 5.57. The number of fused-ring (bicyclic) bond motifs is 2. The van der Waals surface area contributed by atoms with Gasteiger partial charge in [0.2, 0.25) is 0 Å². The molecule has 3 atom stereocenters. The van der Waals surface area contributed by atoms with Gasteiger partial charge in [0.05, 0.1) is 6.04 Å². The third-order valence-electron chi connectivity index (χ3n) is 4.89. The van der Waals surface area contributed by atoms with Crippen LogP contribution in [-0.4, -0.2) is 12.1 Å². The minimum Gasteiger partial charge on any atom is -0.380 e. The van der Waals surface area contributed by atoms with E-state index in [2.05, 4.69) is 65.2 Å². The lowest BCUT2D eigenvalue weighted by molar-refractivity contribution is 0.334. The van der Waals surface area contributed by atoms with Crippen molar-refractivity contribution in [3.8, 4) is 0 Å². The van der Waals surface area contributed by atoms with Crippen molar-refractivity contribution in [1.82, 2.24) is 5.32 Å². The number of benzene rings is 2. The normalized spacial score (nSPS) is 27.9. The summed E-state index contributed by atoms with van der Waals surface area (Å²) in [6, 6.07) is 21.0. The monoisotopic (exact) mass is 278 g/mol. The Hall–Kier alpha value is -1.80. The highest BCUT2D eigenvalue weighted by atomic mass is 15.1. The van der Waals surface area contributed by atoms with Crippen LogP contribution < -0.4 is 10.6 Å². The summed E-state index contributed by atoms with van der Waals surface area (Å²) in [4.78, 5) is 0. The molecule has 2 aromatic rings. The third-order valence-corrected chi connectivity index (χ3v) is 4.89. The summed E-state index contributed by atoms with van der Waals surface area (Å²) >= 11 is 0. The first kappa shape index (κ1) is 12.9. The van der Waals surface area contributed by atoms with E-state index in [-0.39, 0.29) is 0 Å². The summed E-state index contributed by atoms with van der Waals surface area (Å²) in [5, 5.41) is 7.73. The molecule has 2 N–H and O–H groups in total. The summed E-state index contributed by atoms with van der Waals surface area (Å²) in [6.07, 6.45) is 5.23. The molecule has 21 heavy (non-hydrogen) atoms. The van der Waals surface area contributed by atoms with Gasteiger partial charge in [-0.1, -0.05) is 61.4 Å². The second-order valence-electron chi connectivity index (χ2n) is 6.24. The summed E-state index contributed by atoms with van der Waals surface area (Å²) in [7, 11) is 0. The van der Waals surface area contributed by atoms with E-state index in [1.807, 2.05) is 0 Å². The van der Waals surface area contributed by atoms with E-state index in [1.54, 1.807) is 0 Å². The van der Waals surface area contributed by atoms with Gasteiger partial charge in [-0.15, -0.1) is 0 Å². The molecule has 1 aliphatic heterocycles. The Morgan fingerprint density at radius 1 is 0.762 bits per heavy atom. The zero-order valence-electron chi connectivity index (χ0n) is 12.3. The Kier molecular flexibility index (Phi) is 3.40. The maximum Gasteiger partial charge on any atom is 0.0600 e. The summed E-state index contributed by atoms with van der Waals surface area (Å²) < 4.78 is 0. The van der Waals surface area contributed by atoms with Gasteiger partial charge in [0, 0.05) is 17.8 Å². The second-order valence-corrected chi connectivity index (χ2v) is 6.24. The van der Waals surface area contributed by atoms with Crippen LogP contribution in [0, 0.1) is 0 Å². The fourth-order valence-electron chi connectivity index (χ4n) is 3.81. The minimum atomic E-state index is 0.294. The fraction of sp³-hybridized carbons (Fsp3) is 0.368. The number of hydrogen-bond acceptors (Lipinski definition) is 2. The van der Waals surface area contributed by atoms with Crippen LogP contribution in [0.15, 0.2) is 54.6 Å². The molecule has 2 heteroatoms. The first-order valence-corrected chi connectivity index (χ1v) is 8.08. The summed E-state index contributed by atoms with van der Waals surface area (Å²) in [5.74, 6) is 0. The molecule has 0 unspecified atom stereocenters. The molecule has 2 aromatic carbocycles. The first-order valence-electron chi connectivity index (χ1n) is 8.08. The average Bonchev–Trinajstić information content (AvgIpc) is 2.72. The van der Waals surface area contributed by atoms with E-state index in [1.165, 1.54) is 42.5 Å². The topological polar surface area (TPSA) is 24.1 Å². The largest absolute Gasteiger partial charge is 0.380 e. The van der Waals surface area contributed by atoms with Gasteiger partial charge >= 0.3 is 0 Å². The van der Waals surface area contributed by atoms with Gasteiger partial charge in [-0.2, -0.15) is 0 Å². The van der Waals surface area contributed by atoms with Gasteiger partial charge in [0.15, 0.2) is 0 Å². The average molecular weight is 278 g/mol. The molecule has 1 saturated carbocycles. The van der Waals surface area contributed by atoms with Crippen LogP contribution in [0.25, 0.3) is 0 Å². The number of para-hydroxylation sites is 1. The third kappa shape index (κ3) is 2.44. The van der Waals surface area contributed by atoms with Gasteiger partial charge < -0.3 is 10.6 Å². The quantitative estimate of drug-likeness (QED) is 0.820. The van der Waals surface area contributed by atoms with Crippen LogP contribution in [0.5, 0.6) is 0 Å². The van der Waals surface area contributed by atoms with Crippen LogP contribution in [0.1, 0.15) is 42.9 Å². The van der Waals surface area contributed by atoms with E-state index < -0.39 is 0 Å². The predicted octanol–water partition coefficient (Wildman–Crippen LogP) is 4.10. The van der Waals surface area contributed by atoms with Crippen LogP contribution in [0.3, 0.4) is 0 Å². The molecule has 1 heterocycles. The molecule has 1 aliphatic carbocycles. The van der Waals surface area contributed by atoms with Crippen molar-refractivity contribution in [3.63, 3.8) is 0 Å². The highest BCUT2D eigenvalue weighted by Gasteiger charge is 2.32. The predicted molar refractivity (Wildman–Crippen MR) is 87.5 cm³/mol. The first-order chi connectivity index (χ1) is 10.4. The van der Waals surface area contributed by atoms with E-state index >= 15 is 0 Å². The molecule has 0 bridgehead atoms. The van der Waals surface area contributed by atoms with Gasteiger partial charge in [-0.05, 0) is 30.0 Å². The molecule has 0 aromatic heterocycles. The maximum atomic E-state index is 3.93. The van der Waals surface area contributed by atoms with Crippen LogP contribution in [-0.2, 0) is 0 Å². The second kappa shape index (κ2) is 5.53. The van der Waals surface area contributed by atoms with E-state index in [9.17, 15) is 0 Å². The molecule has 0 radical (unpaired) electrons. The lowest BCUT2D eigenvalue weighted by Gasteiger charge is -2.32. The van der Waals surface area contributed by atoms with Crippen molar-refractivity contribution in [2.75, 3.05) is 5.32 Å². The lowest BCUT2D eigenvalue weighted by atomic mass is 9.89. The van der Waals surface area contributed by atoms with Crippen LogP contribution in [0.4, 0.5) is 5.69 Å². The van der Waals surface area contributed by atoms with Crippen molar-refractivity contribution >= 4 is 5.69 Å². The van der Waals surface area contributed by atoms with E-state index in [4.69, 9.17) is 0 Å². The Labute approximate surface area is 126 Å². The van der Waals surface area contributed by atoms with Crippen molar-refractivity contribution in [1.29, 1.82) is 0 Å². The Balaban J connectivity index is 1.78.